The molecule has 5 rings (SSSR count). The standard InChI is InChI=1S/C26H22Cl2N4O4S/c1-15(29-25(33)17-6-9-22-23(11-17)36-14-35-22)24-30-31-26(32(24)21-12-18(27)7-8-20(21)28)37-13-16-4-3-5-19(10-16)34-2/h3-12,15H,13-14H2,1-2H3,(H,29,33). The van der Waals surface area contributed by atoms with Crippen molar-refractivity contribution in [1.29, 1.82) is 0 Å². The van der Waals surface area contributed by atoms with Crippen LogP contribution in [0.2, 0.25) is 10.0 Å². The summed E-state index contributed by atoms with van der Waals surface area (Å²) < 4.78 is 17.9. The van der Waals surface area contributed by atoms with E-state index in [1.54, 1.807) is 43.5 Å². The molecule has 8 nitrogen and oxygen atoms in total. The van der Waals surface area contributed by atoms with Gasteiger partial charge in [0.05, 0.1) is 23.9 Å². The molecule has 11 heteroatoms. The van der Waals surface area contributed by atoms with Crippen molar-refractivity contribution in [3.05, 3.63) is 87.7 Å². The molecule has 1 N–H and O–H groups in total. The summed E-state index contributed by atoms with van der Waals surface area (Å²) in [5.41, 5.74) is 2.11. The van der Waals surface area contributed by atoms with Gasteiger partial charge in [-0.25, -0.2) is 0 Å². The predicted molar refractivity (Wildman–Crippen MR) is 142 cm³/mol. The average molecular weight is 557 g/mol. The summed E-state index contributed by atoms with van der Waals surface area (Å²) in [7, 11) is 1.63. The normalized spacial score (nSPS) is 12.9. The van der Waals surface area contributed by atoms with Crippen molar-refractivity contribution in [2.45, 2.75) is 23.9 Å². The van der Waals surface area contributed by atoms with Crippen molar-refractivity contribution < 1.29 is 19.0 Å². The minimum atomic E-state index is -0.508. The summed E-state index contributed by atoms with van der Waals surface area (Å²) in [6.07, 6.45) is 0. The lowest BCUT2D eigenvalue weighted by atomic mass is 10.1. The maximum absolute atomic E-state index is 13.0. The fourth-order valence-electron chi connectivity index (χ4n) is 3.83. The Labute approximate surface area is 227 Å². The largest absolute Gasteiger partial charge is 0.497 e. The number of hydrogen-bond donors (Lipinski definition) is 1. The third-order valence-electron chi connectivity index (χ3n) is 5.68. The molecule has 1 aliphatic heterocycles. The number of nitrogens with one attached hydrogen (secondary N) is 1. The molecule has 1 amide bonds. The van der Waals surface area contributed by atoms with Crippen molar-refractivity contribution >= 4 is 40.9 Å². The van der Waals surface area contributed by atoms with E-state index in [2.05, 4.69) is 15.5 Å². The lowest BCUT2D eigenvalue weighted by Gasteiger charge is -2.17. The van der Waals surface area contributed by atoms with Gasteiger partial charge >= 0.3 is 0 Å². The van der Waals surface area contributed by atoms with Crippen LogP contribution in [0, 0.1) is 0 Å². The molecule has 2 heterocycles. The average Bonchev–Trinajstić information content (AvgIpc) is 3.55. The van der Waals surface area contributed by atoms with Gasteiger partial charge in [0.1, 0.15) is 5.75 Å². The topological polar surface area (TPSA) is 87.5 Å². The maximum atomic E-state index is 13.0. The van der Waals surface area contributed by atoms with Crippen molar-refractivity contribution in [3.8, 4) is 22.9 Å². The van der Waals surface area contributed by atoms with E-state index in [9.17, 15) is 4.79 Å². The molecule has 37 heavy (non-hydrogen) atoms. The van der Waals surface area contributed by atoms with Crippen LogP contribution in [-0.4, -0.2) is 34.6 Å². The first kappa shape index (κ1) is 25.3. The number of methoxy groups -OCH3 is 1. The Hall–Kier alpha value is -3.40. The van der Waals surface area contributed by atoms with E-state index in [1.807, 2.05) is 35.8 Å². The SMILES string of the molecule is COc1cccc(CSc2nnc(C(C)NC(=O)c3ccc4c(c3)OCO4)n2-c2cc(Cl)ccc2Cl)c1. The number of amides is 1. The number of nitrogens with zero attached hydrogens (tertiary/aromatic N) is 3. The van der Waals surface area contributed by atoms with Gasteiger partial charge in [-0.05, 0) is 61.0 Å². The Morgan fingerprint density at radius 1 is 1.11 bits per heavy atom. The summed E-state index contributed by atoms with van der Waals surface area (Å²) in [6.45, 7) is 1.97. The molecule has 3 aromatic carbocycles. The fourth-order valence-corrected chi connectivity index (χ4v) is 5.09. The number of hydrogen-bond acceptors (Lipinski definition) is 7. The van der Waals surface area contributed by atoms with Crippen LogP contribution in [0.5, 0.6) is 17.2 Å². The van der Waals surface area contributed by atoms with Gasteiger partial charge in [0, 0.05) is 16.3 Å². The second kappa shape index (κ2) is 10.9. The van der Waals surface area contributed by atoms with Crippen molar-refractivity contribution in [3.63, 3.8) is 0 Å². The minimum absolute atomic E-state index is 0.135. The second-order valence-corrected chi connectivity index (χ2v) is 9.96. The number of thioether (sulfide) groups is 1. The number of carbonyl (C=O) groups is 1. The monoisotopic (exact) mass is 556 g/mol. The zero-order valence-electron chi connectivity index (χ0n) is 19.9. The molecule has 0 radical (unpaired) electrons. The van der Waals surface area contributed by atoms with Gasteiger partial charge in [-0.2, -0.15) is 0 Å². The molecule has 0 fully saturated rings. The quantitative estimate of drug-likeness (QED) is 0.262. The molecule has 1 aliphatic rings. The van der Waals surface area contributed by atoms with Crippen molar-refractivity contribution in [1.82, 2.24) is 20.1 Å². The molecule has 4 aromatic rings. The Morgan fingerprint density at radius 3 is 2.78 bits per heavy atom. The smallest absolute Gasteiger partial charge is 0.252 e. The molecule has 190 valence electrons. The first-order valence-electron chi connectivity index (χ1n) is 11.3. The van der Waals surface area contributed by atoms with Gasteiger partial charge in [0.2, 0.25) is 6.79 Å². The van der Waals surface area contributed by atoms with Crippen LogP contribution in [0.3, 0.4) is 0 Å². The number of carbonyl (C=O) groups excluding carboxylic acids is 1. The number of ether oxygens (including phenoxy) is 3. The number of aromatic nitrogens is 3. The fraction of sp³-hybridized carbons (Fsp3) is 0.192. The first-order valence-corrected chi connectivity index (χ1v) is 13.0. The van der Waals surface area contributed by atoms with Gasteiger partial charge in [-0.15, -0.1) is 10.2 Å². The summed E-state index contributed by atoms with van der Waals surface area (Å²) >= 11 is 14.4. The van der Waals surface area contributed by atoms with Crippen molar-refractivity contribution in [2.24, 2.45) is 0 Å². The van der Waals surface area contributed by atoms with Crippen LogP contribution in [0.4, 0.5) is 0 Å². The molecular formula is C26H22Cl2N4O4S. The van der Waals surface area contributed by atoms with Gasteiger partial charge in [-0.1, -0.05) is 47.1 Å². The second-order valence-electron chi connectivity index (χ2n) is 8.18. The lowest BCUT2D eigenvalue weighted by Crippen LogP contribution is -2.28. The highest BCUT2D eigenvalue weighted by molar-refractivity contribution is 7.98. The van der Waals surface area contributed by atoms with Crippen LogP contribution in [-0.2, 0) is 5.75 Å². The van der Waals surface area contributed by atoms with E-state index in [-0.39, 0.29) is 12.7 Å². The van der Waals surface area contributed by atoms with Gasteiger partial charge in [0.25, 0.3) is 5.91 Å². The maximum Gasteiger partial charge on any atom is 0.252 e. The van der Waals surface area contributed by atoms with E-state index in [4.69, 9.17) is 37.4 Å². The molecule has 1 atom stereocenters. The van der Waals surface area contributed by atoms with Crippen LogP contribution in [0.1, 0.15) is 34.7 Å². The highest BCUT2D eigenvalue weighted by Crippen LogP contribution is 2.34. The molecule has 1 aromatic heterocycles. The zero-order chi connectivity index (χ0) is 25.9. The summed E-state index contributed by atoms with van der Waals surface area (Å²) in [6, 6.07) is 17.5. The number of rotatable bonds is 8. The Morgan fingerprint density at radius 2 is 1.95 bits per heavy atom. The summed E-state index contributed by atoms with van der Waals surface area (Å²) in [5, 5.41) is 13.4. The molecular weight excluding hydrogens is 535 g/mol. The molecule has 0 saturated heterocycles. The zero-order valence-corrected chi connectivity index (χ0v) is 22.2. The van der Waals surface area contributed by atoms with E-state index in [0.29, 0.717) is 49.5 Å². The van der Waals surface area contributed by atoms with Gasteiger partial charge in [0.15, 0.2) is 22.5 Å². The summed E-state index contributed by atoms with van der Waals surface area (Å²) in [5.74, 6) is 2.75. The number of fused-ring (bicyclic) bond motifs is 1. The Kier molecular flexibility index (Phi) is 7.45. The Bertz CT molecular complexity index is 1460. The molecule has 0 aliphatic carbocycles. The van der Waals surface area contributed by atoms with Gasteiger partial charge in [-0.3, -0.25) is 9.36 Å². The van der Waals surface area contributed by atoms with Gasteiger partial charge < -0.3 is 19.5 Å². The van der Waals surface area contributed by atoms with Crippen LogP contribution in [0.15, 0.2) is 65.8 Å². The molecule has 0 bridgehead atoms. The highest BCUT2D eigenvalue weighted by Gasteiger charge is 2.24. The highest BCUT2D eigenvalue weighted by atomic mass is 35.5. The molecule has 0 spiro atoms. The van der Waals surface area contributed by atoms with E-state index in [0.717, 1.165) is 11.3 Å². The molecule has 0 saturated carbocycles. The minimum Gasteiger partial charge on any atom is -0.497 e. The first-order chi connectivity index (χ1) is 17.9. The summed E-state index contributed by atoms with van der Waals surface area (Å²) in [4.78, 5) is 13.0. The van der Waals surface area contributed by atoms with Crippen LogP contribution in [0.25, 0.3) is 5.69 Å². The van der Waals surface area contributed by atoms with Crippen molar-refractivity contribution in [2.75, 3.05) is 13.9 Å². The number of halogens is 2. The lowest BCUT2D eigenvalue weighted by molar-refractivity contribution is 0.0937. The molecule has 1 unspecified atom stereocenters. The number of benzene rings is 3. The third kappa shape index (κ3) is 5.49. The third-order valence-corrected chi connectivity index (χ3v) is 7.23. The van der Waals surface area contributed by atoms with E-state index in [1.165, 1.54) is 11.8 Å². The predicted octanol–water partition coefficient (Wildman–Crippen LogP) is 6.09. The van der Waals surface area contributed by atoms with E-state index < -0.39 is 6.04 Å². The van der Waals surface area contributed by atoms with Crippen LogP contribution >= 0.6 is 35.0 Å². The van der Waals surface area contributed by atoms with E-state index >= 15 is 0 Å². The Balaban J connectivity index is 1.44. The van der Waals surface area contributed by atoms with Crippen LogP contribution < -0.4 is 19.5 Å².